The lowest BCUT2D eigenvalue weighted by molar-refractivity contribution is 0.0945. The number of carbonyl (C=O) groups excluding carboxylic acids is 1. The van der Waals surface area contributed by atoms with Crippen LogP contribution in [-0.2, 0) is 13.0 Å². The van der Waals surface area contributed by atoms with E-state index in [1.807, 2.05) is 22.9 Å². The molecule has 0 spiro atoms. The first kappa shape index (κ1) is 15.8. The summed E-state index contributed by atoms with van der Waals surface area (Å²) < 4.78 is 4.05. The number of thiophene rings is 1. The maximum Gasteiger partial charge on any atom is 0.267 e. The first-order valence-corrected chi connectivity index (χ1v) is 8.88. The van der Waals surface area contributed by atoms with Gasteiger partial charge >= 0.3 is 0 Å². The minimum absolute atomic E-state index is 0.0141. The fourth-order valence-corrected chi connectivity index (χ4v) is 3.91. The number of hydrogen-bond donors (Lipinski definition) is 1. The lowest BCUT2D eigenvalue weighted by Gasteiger charge is -2.08. The molecule has 0 radical (unpaired) electrons. The molecule has 0 saturated heterocycles. The number of aryl methyl sites for hydroxylation is 1. The second kappa shape index (κ2) is 7.43. The van der Waals surface area contributed by atoms with Gasteiger partial charge in [-0.05, 0) is 62.9 Å². The highest BCUT2D eigenvalue weighted by atomic mass is 79.9. The van der Waals surface area contributed by atoms with Gasteiger partial charge in [-0.15, -0.1) is 11.3 Å². The van der Waals surface area contributed by atoms with Crippen molar-refractivity contribution < 1.29 is 4.79 Å². The summed E-state index contributed by atoms with van der Waals surface area (Å²) in [6.07, 6.45) is 3.82. The Bertz CT molecular complexity index is 592. The number of carbonyl (C=O) groups is 1. The summed E-state index contributed by atoms with van der Waals surface area (Å²) in [5.74, 6) is -0.0141. The molecule has 108 valence electrons. The molecule has 2 aromatic heterocycles. The Labute approximate surface area is 139 Å². The molecule has 20 heavy (non-hydrogen) atoms. The van der Waals surface area contributed by atoms with Crippen LogP contribution < -0.4 is 5.32 Å². The number of nitrogens with zero attached hydrogens (tertiary/aromatic N) is 1. The third-order valence-electron chi connectivity index (χ3n) is 2.85. The molecule has 1 amide bonds. The average Bonchev–Trinajstić information content (AvgIpc) is 2.96. The number of nitrogens with one attached hydrogen (secondary N) is 1. The second-order valence-electron chi connectivity index (χ2n) is 4.45. The fraction of sp³-hybridized carbons (Fsp3) is 0.357. The van der Waals surface area contributed by atoms with Crippen LogP contribution in [0.2, 0.25) is 0 Å². The van der Waals surface area contributed by atoms with Crippen LogP contribution in [0.25, 0.3) is 0 Å². The molecule has 0 bridgehead atoms. The quantitative estimate of drug-likeness (QED) is 0.736. The molecule has 2 aromatic rings. The second-order valence-corrected chi connectivity index (χ2v) is 7.91. The summed E-state index contributed by atoms with van der Waals surface area (Å²) in [6.45, 7) is 3.61. The number of hydrogen-bond acceptors (Lipinski definition) is 2. The third kappa shape index (κ3) is 4.20. The van der Waals surface area contributed by atoms with Gasteiger partial charge in [0.2, 0.25) is 0 Å². The van der Waals surface area contributed by atoms with Gasteiger partial charge < -0.3 is 9.88 Å². The van der Waals surface area contributed by atoms with Gasteiger partial charge in [-0.25, -0.2) is 0 Å². The summed E-state index contributed by atoms with van der Waals surface area (Å²) in [6, 6.07) is 5.98. The summed E-state index contributed by atoms with van der Waals surface area (Å²) in [4.78, 5) is 13.5. The van der Waals surface area contributed by atoms with Gasteiger partial charge in [-0.3, -0.25) is 4.79 Å². The van der Waals surface area contributed by atoms with E-state index >= 15 is 0 Å². The van der Waals surface area contributed by atoms with Crippen molar-refractivity contribution in [3.8, 4) is 0 Å². The van der Waals surface area contributed by atoms with Crippen LogP contribution >= 0.6 is 43.2 Å². The van der Waals surface area contributed by atoms with Crippen LogP contribution in [0.3, 0.4) is 0 Å². The van der Waals surface area contributed by atoms with Gasteiger partial charge in [0.1, 0.15) is 5.69 Å². The first-order chi connectivity index (χ1) is 9.60. The zero-order chi connectivity index (χ0) is 14.5. The standard InChI is InChI=1S/C14H16Br2N2OS/c1-2-7-18-9-10(15)8-12(18)14(19)17-6-5-11-3-4-13(16)20-11/h3-4,8-9H,2,5-7H2,1H3,(H,17,19). The van der Waals surface area contributed by atoms with Crippen LogP contribution in [0, 0.1) is 0 Å². The molecule has 6 heteroatoms. The fourth-order valence-electron chi connectivity index (χ4n) is 1.97. The normalized spacial score (nSPS) is 10.8. The van der Waals surface area contributed by atoms with Crippen LogP contribution in [0.1, 0.15) is 28.7 Å². The monoisotopic (exact) mass is 418 g/mol. The molecule has 0 aliphatic heterocycles. The van der Waals surface area contributed by atoms with E-state index in [0.29, 0.717) is 12.2 Å². The van der Waals surface area contributed by atoms with Crippen molar-refractivity contribution in [2.24, 2.45) is 0 Å². The molecule has 2 rings (SSSR count). The predicted molar refractivity (Wildman–Crippen MR) is 90.5 cm³/mol. The van der Waals surface area contributed by atoms with E-state index in [-0.39, 0.29) is 5.91 Å². The average molecular weight is 420 g/mol. The Kier molecular flexibility index (Phi) is 5.86. The van der Waals surface area contributed by atoms with Crippen molar-refractivity contribution in [1.29, 1.82) is 0 Å². The maximum atomic E-state index is 12.2. The summed E-state index contributed by atoms with van der Waals surface area (Å²) in [5.41, 5.74) is 0.714. The lowest BCUT2D eigenvalue weighted by Crippen LogP contribution is -2.27. The van der Waals surface area contributed by atoms with Crippen LogP contribution in [-0.4, -0.2) is 17.0 Å². The van der Waals surface area contributed by atoms with Crippen molar-refractivity contribution >= 4 is 49.1 Å². The molecule has 0 aromatic carbocycles. The van der Waals surface area contributed by atoms with Crippen LogP contribution in [0.5, 0.6) is 0 Å². The minimum atomic E-state index is -0.0141. The summed E-state index contributed by atoms with van der Waals surface area (Å²) in [7, 11) is 0. The zero-order valence-corrected chi connectivity index (χ0v) is 15.1. The maximum absolute atomic E-state index is 12.2. The van der Waals surface area contributed by atoms with Crippen molar-refractivity contribution in [3.05, 3.63) is 43.2 Å². The van der Waals surface area contributed by atoms with Crippen LogP contribution in [0.4, 0.5) is 0 Å². The highest BCUT2D eigenvalue weighted by molar-refractivity contribution is 9.11. The summed E-state index contributed by atoms with van der Waals surface area (Å²) in [5, 5.41) is 2.98. The largest absolute Gasteiger partial charge is 0.350 e. The Morgan fingerprint density at radius 2 is 2.20 bits per heavy atom. The molecule has 0 saturated carbocycles. The number of rotatable bonds is 6. The molecular formula is C14H16Br2N2OS. The smallest absolute Gasteiger partial charge is 0.267 e. The topological polar surface area (TPSA) is 34.0 Å². The number of amides is 1. The highest BCUT2D eigenvalue weighted by Gasteiger charge is 2.12. The van der Waals surface area contributed by atoms with Gasteiger partial charge in [-0.2, -0.15) is 0 Å². The van der Waals surface area contributed by atoms with Gasteiger partial charge in [-0.1, -0.05) is 6.92 Å². The van der Waals surface area contributed by atoms with E-state index in [4.69, 9.17) is 0 Å². The van der Waals surface area contributed by atoms with Gasteiger partial charge in [0.15, 0.2) is 0 Å². The van der Waals surface area contributed by atoms with E-state index in [2.05, 4.69) is 50.2 Å². The predicted octanol–water partition coefficient (Wildman–Crippen LogP) is 4.46. The van der Waals surface area contributed by atoms with E-state index < -0.39 is 0 Å². The Hall–Kier alpha value is -0.590. The van der Waals surface area contributed by atoms with E-state index in [1.54, 1.807) is 11.3 Å². The highest BCUT2D eigenvalue weighted by Crippen LogP contribution is 2.22. The number of aromatic nitrogens is 1. The van der Waals surface area contributed by atoms with E-state index in [1.165, 1.54) is 4.88 Å². The van der Waals surface area contributed by atoms with E-state index in [9.17, 15) is 4.79 Å². The van der Waals surface area contributed by atoms with Crippen molar-refractivity contribution in [3.63, 3.8) is 0 Å². The van der Waals surface area contributed by atoms with E-state index in [0.717, 1.165) is 27.6 Å². The molecule has 0 unspecified atom stereocenters. The molecule has 0 aliphatic carbocycles. The molecule has 1 N–H and O–H groups in total. The lowest BCUT2D eigenvalue weighted by atomic mass is 10.3. The third-order valence-corrected chi connectivity index (χ3v) is 4.96. The van der Waals surface area contributed by atoms with Gasteiger partial charge in [0, 0.05) is 28.6 Å². The molecule has 0 atom stereocenters. The molecular weight excluding hydrogens is 404 g/mol. The number of halogens is 2. The molecule has 0 fully saturated rings. The first-order valence-electron chi connectivity index (χ1n) is 6.48. The zero-order valence-electron chi connectivity index (χ0n) is 11.2. The molecule has 3 nitrogen and oxygen atoms in total. The summed E-state index contributed by atoms with van der Waals surface area (Å²) >= 11 is 8.57. The Morgan fingerprint density at radius 3 is 2.85 bits per heavy atom. The van der Waals surface area contributed by atoms with Gasteiger partial charge in [0.25, 0.3) is 5.91 Å². The van der Waals surface area contributed by atoms with Crippen molar-refractivity contribution in [2.75, 3.05) is 6.54 Å². The Balaban J connectivity index is 1.91. The van der Waals surface area contributed by atoms with Crippen molar-refractivity contribution in [2.45, 2.75) is 26.3 Å². The minimum Gasteiger partial charge on any atom is -0.350 e. The SMILES string of the molecule is CCCn1cc(Br)cc1C(=O)NCCc1ccc(Br)s1. The van der Waals surface area contributed by atoms with Crippen LogP contribution in [0.15, 0.2) is 32.7 Å². The molecule has 2 heterocycles. The Morgan fingerprint density at radius 1 is 1.40 bits per heavy atom. The van der Waals surface area contributed by atoms with Gasteiger partial charge in [0.05, 0.1) is 3.79 Å². The molecule has 0 aliphatic rings. The van der Waals surface area contributed by atoms with Crippen molar-refractivity contribution in [1.82, 2.24) is 9.88 Å².